The first-order chi connectivity index (χ1) is 21.5. The van der Waals surface area contributed by atoms with Crippen molar-refractivity contribution in [1.29, 1.82) is 0 Å². The van der Waals surface area contributed by atoms with Gasteiger partial charge < -0.3 is 31.5 Å². The number of carbonyl (C=O) groups excluding carboxylic acids is 4. The van der Waals surface area contributed by atoms with Crippen LogP contribution in [0.3, 0.4) is 0 Å². The molecule has 2 aromatic rings. The molecule has 0 aliphatic heterocycles. The Morgan fingerprint density at radius 1 is 0.522 bits per heavy atom. The Kier molecular flexibility index (Phi) is 17.9. The Labute approximate surface area is 347 Å². The summed E-state index contributed by atoms with van der Waals surface area (Å²) in [5, 5.41) is 30.6. The summed E-state index contributed by atoms with van der Waals surface area (Å²) in [7, 11) is 0. The third-order valence-corrected chi connectivity index (χ3v) is 13.3. The molecular weight excluding hydrogens is 1280 g/mol. The number of carboxylic acid groups (broad SMARTS) is 2. The molecule has 2 aromatic carbocycles. The fraction of sp³-hybridized carbons (Fsp3) is 0.357. The van der Waals surface area contributed by atoms with Crippen LogP contribution in [0.1, 0.15) is 84.2 Å². The number of hydrogen-bond donors (Lipinski definition) is 6. The highest BCUT2D eigenvalue weighted by atomic mass is 127. The average Bonchev–Trinajstić information content (AvgIpc) is 2.94. The van der Waals surface area contributed by atoms with Crippen LogP contribution in [0.15, 0.2) is 0 Å². The molecule has 0 radical (unpaired) electrons. The van der Waals surface area contributed by atoms with E-state index in [1.165, 1.54) is 13.8 Å². The summed E-state index contributed by atoms with van der Waals surface area (Å²) < 4.78 is 3.10. The highest BCUT2D eigenvalue weighted by Gasteiger charge is 2.26. The maximum atomic E-state index is 12.8. The van der Waals surface area contributed by atoms with Gasteiger partial charge in [-0.2, -0.15) is 0 Å². The van der Waals surface area contributed by atoms with Crippen molar-refractivity contribution in [1.82, 2.24) is 10.6 Å². The first-order valence-corrected chi connectivity index (χ1v) is 19.9. The van der Waals surface area contributed by atoms with E-state index in [2.05, 4.69) is 21.3 Å². The van der Waals surface area contributed by atoms with E-state index in [1.54, 1.807) is 0 Å². The van der Waals surface area contributed by atoms with Crippen LogP contribution in [0.25, 0.3) is 0 Å². The van der Waals surface area contributed by atoms with E-state index in [4.69, 9.17) is 0 Å². The predicted octanol–water partition coefficient (Wildman–Crippen LogP) is 6.90. The maximum absolute atomic E-state index is 12.8. The zero-order chi connectivity index (χ0) is 34.9. The molecule has 0 unspecified atom stereocenters. The fourth-order valence-corrected chi connectivity index (χ4v) is 12.6. The second-order valence-electron chi connectivity index (χ2n) is 9.78. The van der Waals surface area contributed by atoms with Crippen molar-refractivity contribution in [2.24, 2.45) is 0 Å². The van der Waals surface area contributed by atoms with E-state index in [9.17, 15) is 39.0 Å². The topological polar surface area (TPSA) is 191 Å². The SMILES string of the molecule is CC(=O)NCc1c(I)c(NC(=O)CCCCCCC(=O)Nc2c(I)c(CNC(C)=O)c(I)c(C(=O)O)c2I)c(I)c(C(=O)O)c1I. The van der Waals surface area contributed by atoms with Gasteiger partial charge >= 0.3 is 11.9 Å². The molecule has 0 aromatic heterocycles. The van der Waals surface area contributed by atoms with Crippen molar-refractivity contribution in [3.8, 4) is 0 Å². The first-order valence-electron chi connectivity index (χ1n) is 13.4. The van der Waals surface area contributed by atoms with Crippen molar-refractivity contribution < 1.29 is 39.0 Å². The highest BCUT2D eigenvalue weighted by Crippen LogP contribution is 2.37. The molecule has 12 nitrogen and oxygen atoms in total. The van der Waals surface area contributed by atoms with Crippen LogP contribution in [0.5, 0.6) is 0 Å². The summed E-state index contributed by atoms with van der Waals surface area (Å²) in [6.45, 7) is 2.99. The number of amides is 4. The van der Waals surface area contributed by atoms with Gasteiger partial charge in [-0.25, -0.2) is 9.59 Å². The molecule has 0 bridgehead atoms. The lowest BCUT2D eigenvalue weighted by molar-refractivity contribution is -0.120. The number of carbonyl (C=O) groups is 6. The molecule has 0 saturated carbocycles. The molecule has 18 heteroatoms. The molecule has 0 fully saturated rings. The van der Waals surface area contributed by atoms with E-state index in [0.717, 1.165) is 0 Å². The van der Waals surface area contributed by atoms with Crippen LogP contribution in [0, 0.1) is 21.4 Å². The van der Waals surface area contributed by atoms with Crippen molar-refractivity contribution in [3.63, 3.8) is 0 Å². The molecule has 0 heterocycles. The normalized spacial score (nSPS) is 10.7. The number of carboxylic acids is 2. The molecular formula is C28H28I6N4O8. The molecule has 0 saturated heterocycles. The number of hydrogen-bond acceptors (Lipinski definition) is 6. The van der Waals surface area contributed by atoms with E-state index in [1.807, 2.05) is 136 Å². The summed E-state index contributed by atoms with van der Waals surface area (Å²) in [5.41, 5.74) is 2.14. The standard InChI is InChI=1S/C28H28I6N4O8/c1-11(39)35-9-13-19(29)17(27(43)44)23(33)25(21(13)31)37-15(41)7-5-3-4-6-8-16(42)38-26-22(32)14(10-36-12(2)40)20(30)18(24(26)34)28(45)46/h3-10H2,1-2H3,(H,35,39)(H,36,40)(H,37,41)(H,38,42)(H,43,44)(H,45,46). The second kappa shape index (κ2) is 19.7. The van der Waals surface area contributed by atoms with E-state index >= 15 is 0 Å². The number of aromatic carboxylic acids is 2. The minimum absolute atomic E-state index is 0.0632. The Bertz CT molecular complexity index is 1470. The molecule has 0 aliphatic rings. The van der Waals surface area contributed by atoms with Gasteiger partial charge in [-0.1, -0.05) is 12.8 Å². The zero-order valence-corrected chi connectivity index (χ0v) is 37.2. The summed E-state index contributed by atoms with van der Waals surface area (Å²) in [6.07, 6.45) is 2.86. The molecule has 0 spiro atoms. The van der Waals surface area contributed by atoms with Crippen molar-refractivity contribution in [2.75, 3.05) is 10.6 Å². The summed E-state index contributed by atoms with van der Waals surface area (Å²) >= 11 is 11.8. The van der Waals surface area contributed by atoms with Crippen LogP contribution in [-0.2, 0) is 32.3 Å². The number of benzene rings is 2. The van der Waals surface area contributed by atoms with Crippen molar-refractivity contribution in [2.45, 2.75) is 65.5 Å². The van der Waals surface area contributed by atoms with Crippen LogP contribution >= 0.6 is 136 Å². The quantitative estimate of drug-likeness (QED) is 0.0820. The van der Waals surface area contributed by atoms with Gasteiger partial charge in [0.15, 0.2) is 0 Å². The third-order valence-electron chi connectivity index (χ3n) is 6.36. The molecule has 46 heavy (non-hydrogen) atoms. The Morgan fingerprint density at radius 2 is 0.848 bits per heavy atom. The molecule has 6 N–H and O–H groups in total. The molecule has 250 valence electrons. The average molecular weight is 1310 g/mol. The summed E-state index contributed by atoms with van der Waals surface area (Å²) in [5.74, 6) is -3.33. The Morgan fingerprint density at radius 3 is 1.13 bits per heavy atom. The monoisotopic (exact) mass is 1310 g/mol. The van der Waals surface area contributed by atoms with Gasteiger partial charge in [0.2, 0.25) is 23.6 Å². The summed E-state index contributed by atoms with van der Waals surface area (Å²) in [6, 6.07) is 0. The van der Waals surface area contributed by atoms with Crippen LogP contribution < -0.4 is 21.3 Å². The van der Waals surface area contributed by atoms with Gasteiger partial charge in [-0.15, -0.1) is 0 Å². The smallest absolute Gasteiger partial charge is 0.337 e. The van der Waals surface area contributed by atoms with Crippen molar-refractivity contribution >= 4 is 182 Å². The Hall–Kier alpha value is -0.360. The molecule has 2 rings (SSSR count). The van der Waals surface area contributed by atoms with E-state index in [-0.39, 0.29) is 60.7 Å². The lowest BCUT2D eigenvalue weighted by Gasteiger charge is -2.19. The van der Waals surface area contributed by atoms with Gasteiger partial charge in [0.25, 0.3) is 0 Å². The summed E-state index contributed by atoms with van der Waals surface area (Å²) in [4.78, 5) is 72.5. The largest absolute Gasteiger partial charge is 0.478 e. The highest BCUT2D eigenvalue weighted by molar-refractivity contribution is 14.1. The lowest BCUT2D eigenvalue weighted by atomic mass is 10.1. The third kappa shape index (κ3) is 11.6. The maximum Gasteiger partial charge on any atom is 0.337 e. The van der Waals surface area contributed by atoms with Gasteiger partial charge in [-0.3, -0.25) is 19.2 Å². The van der Waals surface area contributed by atoms with Crippen molar-refractivity contribution in [3.05, 3.63) is 43.7 Å². The number of unbranched alkanes of at least 4 members (excludes halogenated alkanes) is 3. The van der Waals surface area contributed by atoms with E-state index in [0.29, 0.717) is 69.6 Å². The van der Waals surface area contributed by atoms with Crippen LogP contribution in [0.4, 0.5) is 11.4 Å². The van der Waals surface area contributed by atoms with Crippen LogP contribution in [-0.4, -0.2) is 45.8 Å². The fourth-order valence-electron chi connectivity index (χ4n) is 4.09. The number of anilines is 2. The number of halogens is 6. The Balaban J connectivity index is 1.99. The second-order valence-corrected chi connectivity index (χ2v) is 16.3. The van der Waals surface area contributed by atoms with E-state index < -0.39 is 11.9 Å². The molecule has 0 aliphatic carbocycles. The van der Waals surface area contributed by atoms with Gasteiger partial charge in [-0.05, 0) is 148 Å². The van der Waals surface area contributed by atoms with Gasteiger partial charge in [0.1, 0.15) is 0 Å². The first kappa shape index (κ1) is 41.8. The minimum Gasteiger partial charge on any atom is -0.478 e. The molecule has 0 atom stereocenters. The predicted molar refractivity (Wildman–Crippen MR) is 223 cm³/mol. The number of rotatable bonds is 15. The molecule has 4 amide bonds. The zero-order valence-electron chi connectivity index (χ0n) is 24.3. The number of nitrogens with one attached hydrogen (secondary N) is 4. The lowest BCUT2D eigenvalue weighted by Crippen LogP contribution is -2.23. The van der Waals surface area contributed by atoms with Gasteiger partial charge in [0, 0.05) is 65.2 Å². The minimum atomic E-state index is -1.13. The van der Waals surface area contributed by atoms with Gasteiger partial charge in [0.05, 0.1) is 29.6 Å². The van der Waals surface area contributed by atoms with Crippen LogP contribution in [0.2, 0.25) is 0 Å².